The van der Waals surface area contributed by atoms with Gasteiger partial charge >= 0.3 is 5.97 Å². The van der Waals surface area contributed by atoms with E-state index < -0.39 is 29.9 Å². The minimum Gasteiger partial charge on any atom is -0.467 e. The Bertz CT molecular complexity index is 552. The molecule has 10 heteroatoms. The van der Waals surface area contributed by atoms with E-state index in [-0.39, 0.29) is 30.7 Å². The van der Waals surface area contributed by atoms with Crippen LogP contribution >= 0.6 is 0 Å². The van der Waals surface area contributed by atoms with Crippen LogP contribution in [0.5, 0.6) is 0 Å². The zero-order chi connectivity index (χ0) is 20.6. The Morgan fingerprint density at radius 3 is 2.44 bits per heavy atom. The average Bonchev–Trinajstić information content (AvgIpc) is 2.96. The number of carbonyl (C=O) groups is 4. The summed E-state index contributed by atoms with van der Waals surface area (Å²) >= 11 is 0. The lowest BCUT2D eigenvalue weighted by Gasteiger charge is -2.24. The number of nitrogens with zero attached hydrogens (tertiary/aromatic N) is 1. The Hall–Kier alpha value is -2.20. The molecule has 0 aromatic heterocycles. The number of hydrogen-bond donors (Lipinski definition) is 4. The average molecular weight is 386 g/mol. The van der Waals surface area contributed by atoms with Crippen molar-refractivity contribution in [3.05, 3.63) is 0 Å². The van der Waals surface area contributed by atoms with Gasteiger partial charge in [0.1, 0.15) is 18.6 Å². The van der Waals surface area contributed by atoms with E-state index in [2.05, 4.69) is 16.0 Å². The molecule has 0 spiro atoms. The summed E-state index contributed by atoms with van der Waals surface area (Å²) in [6.45, 7) is 4.03. The molecule has 1 heterocycles. The van der Waals surface area contributed by atoms with E-state index in [9.17, 15) is 19.2 Å². The van der Waals surface area contributed by atoms with Crippen molar-refractivity contribution in [3.8, 4) is 0 Å². The first-order valence-corrected chi connectivity index (χ1v) is 8.99. The fourth-order valence-corrected chi connectivity index (χ4v) is 2.93. The van der Waals surface area contributed by atoms with Gasteiger partial charge in [0.2, 0.25) is 17.7 Å². The number of hydroxylamine groups is 2. The second-order valence-electron chi connectivity index (χ2n) is 7.16. The summed E-state index contributed by atoms with van der Waals surface area (Å²) < 4.78 is 4.74. The van der Waals surface area contributed by atoms with Crippen molar-refractivity contribution >= 4 is 23.7 Å². The van der Waals surface area contributed by atoms with E-state index >= 15 is 0 Å². The molecule has 0 aromatic rings. The van der Waals surface area contributed by atoms with Crippen molar-refractivity contribution < 1.29 is 29.1 Å². The highest BCUT2D eigenvalue weighted by Crippen LogP contribution is 2.17. The van der Waals surface area contributed by atoms with E-state index in [1.165, 1.54) is 14.2 Å². The van der Waals surface area contributed by atoms with Crippen LogP contribution < -0.4 is 16.0 Å². The summed E-state index contributed by atoms with van der Waals surface area (Å²) in [4.78, 5) is 48.4. The monoisotopic (exact) mass is 386 g/mol. The molecule has 27 heavy (non-hydrogen) atoms. The lowest BCUT2D eigenvalue weighted by atomic mass is 9.97. The molecule has 3 atom stereocenters. The van der Waals surface area contributed by atoms with Crippen LogP contribution in [0.4, 0.5) is 0 Å². The first-order valence-electron chi connectivity index (χ1n) is 8.99. The minimum atomic E-state index is -0.983. The summed E-state index contributed by atoms with van der Waals surface area (Å²) in [5, 5.41) is 17.7. The quantitative estimate of drug-likeness (QED) is 0.280. The van der Waals surface area contributed by atoms with Crippen molar-refractivity contribution in [2.75, 3.05) is 27.2 Å². The molecule has 0 unspecified atom stereocenters. The summed E-state index contributed by atoms with van der Waals surface area (Å²) in [5.74, 6) is -2.14. The predicted molar refractivity (Wildman–Crippen MR) is 95.5 cm³/mol. The van der Waals surface area contributed by atoms with E-state index in [1.54, 1.807) is 0 Å². The second kappa shape index (κ2) is 10.8. The molecular weight excluding hydrogens is 356 g/mol. The number of rotatable bonds is 10. The highest BCUT2D eigenvalue weighted by Gasteiger charge is 2.33. The maximum atomic E-state index is 12.7. The van der Waals surface area contributed by atoms with Crippen molar-refractivity contribution in [2.24, 2.45) is 11.8 Å². The molecule has 154 valence electrons. The smallest absolute Gasteiger partial charge is 0.328 e. The number of methoxy groups -OCH3 is 1. The third-order valence-corrected chi connectivity index (χ3v) is 4.22. The maximum absolute atomic E-state index is 12.7. The SMILES string of the molecule is COC(=O)[C@H](C[C@@H]1CCNC1=O)NC(=O)[C@H](CC(C)C)NC(=O)CN(C)O. The molecule has 1 rings (SSSR count). The summed E-state index contributed by atoms with van der Waals surface area (Å²) in [7, 11) is 2.53. The van der Waals surface area contributed by atoms with Crippen molar-refractivity contribution in [2.45, 2.75) is 45.2 Å². The van der Waals surface area contributed by atoms with Gasteiger partial charge in [-0.15, -0.1) is 0 Å². The third kappa shape index (κ3) is 7.92. The number of ether oxygens (including phenoxy) is 1. The Balaban J connectivity index is 2.81. The Kier molecular flexibility index (Phi) is 9.16. The highest BCUT2D eigenvalue weighted by molar-refractivity contribution is 5.91. The van der Waals surface area contributed by atoms with Crippen LogP contribution in [0, 0.1) is 11.8 Å². The lowest BCUT2D eigenvalue weighted by Crippen LogP contribution is -2.53. The van der Waals surface area contributed by atoms with Gasteiger partial charge in [-0.2, -0.15) is 5.06 Å². The van der Waals surface area contributed by atoms with Crippen LogP contribution in [0.3, 0.4) is 0 Å². The molecule has 1 aliphatic heterocycles. The van der Waals surface area contributed by atoms with Gasteiger partial charge < -0.3 is 25.9 Å². The Morgan fingerprint density at radius 2 is 1.96 bits per heavy atom. The fourth-order valence-electron chi connectivity index (χ4n) is 2.93. The van der Waals surface area contributed by atoms with Gasteiger partial charge in [0.25, 0.3) is 0 Å². The Morgan fingerprint density at radius 1 is 1.30 bits per heavy atom. The van der Waals surface area contributed by atoms with Gasteiger partial charge in [-0.1, -0.05) is 13.8 Å². The van der Waals surface area contributed by atoms with Crippen molar-refractivity contribution in [1.82, 2.24) is 21.0 Å². The number of hydrogen-bond acceptors (Lipinski definition) is 7. The van der Waals surface area contributed by atoms with Crippen LogP contribution in [0.25, 0.3) is 0 Å². The predicted octanol–water partition coefficient (Wildman–Crippen LogP) is -0.978. The zero-order valence-corrected chi connectivity index (χ0v) is 16.3. The molecule has 0 aliphatic carbocycles. The van der Waals surface area contributed by atoms with Crippen LogP contribution in [-0.4, -0.2) is 73.3 Å². The number of amides is 3. The summed E-state index contributed by atoms with van der Waals surface area (Å²) in [6, 6.07) is -1.86. The molecule has 0 bridgehead atoms. The highest BCUT2D eigenvalue weighted by atomic mass is 16.5. The van der Waals surface area contributed by atoms with Crippen LogP contribution in [0.2, 0.25) is 0 Å². The van der Waals surface area contributed by atoms with E-state index in [0.717, 1.165) is 0 Å². The lowest BCUT2D eigenvalue weighted by molar-refractivity contribution is -0.146. The number of likely N-dealkylation sites (N-methyl/N-ethyl adjacent to an activating group) is 1. The summed E-state index contributed by atoms with van der Waals surface area (Å²) in [5.41, 5.74) is 0. The molecule has 1 aliphatic rings. The topological polar surface area (TPSA) is 137 Å². The van der Waals surface area contributed by atoms with Gasteiger partial charge in [0, 0.05) is 19.5 Å². The van der Waals surface area contributed by atoms with E-state index in [0.29, 0.717) is 24.4 Å². The summed E-state index contributed by atoms with van der Waals surface area (Å²) in [6.07, 6.45) is 1.06. The standard InChI is InChI=1S/C17H30N4O6/c1-10(2)7-12(19-14(22)9-21(3)26)16(24)20-13(17(25)27-4)8-11-5-6-18-15(11)23/h10-13,26H,5-9H2,1-4H3,(H,18,23)(H,19,22)(H,20,24)/t11-,12-,13-/m0/s1. The van der Waals surface area contributed by atoms with Crippen LogP contribution in [0.15, 0.2) is 0 Å². The Labute approximate surface area is 158 Å². The number of esters is 1. The normalized spacial score (nSPS) is 18.8. The molecule has 0 saturated carbocycles. The first kappa shape index (κ1) is 22.8. The van der Waals surface area contributed by atoms with Gasteiger partial charge in [0.05, 0.1) is 7.11 Å². The number of carbonyl (C=O) groups excluding carboxylic acids is 4. The fraction of sp³-hybridized carbons (Fsp3) is 0.765. The molecule has 3 amide bonds. The molecule has 4 N–H and O–H groups in total. The molecule has 1 saturated heterocycles. The molecule has 0 radical (unpaired) electrons. The maximum Gasteiger partial charge on any atom is 0.328 e. The molecule has 1 fully saturated rings. The molecule has 10 nitrogen and oxygen atoms in total. The van der Waals surface area contributed by atoms with Crippen LogP contribution in [-0.2, 0) is 23.9 Å². The van der Waals surface area contributed by atoms with Gasteiger partial charge in [-0.3, -0.25) is 14.4 Å². The second-order valence-corrected chi connectivity index (χ2v) is 7.16. The molecular formula is C17H30N4O6. The minimum absolute atomic E-state index is 0.102. The first-order chi connectivity index (χ1) is 12.6. The largest absolute Gasteiger partial charge is 0.467 e. The van der Waals surface area contributed by atoms with E-state index in [1.807, 2.05) is 13.8 Å². The van der Waals surface area contributed by atoms with Gasteiger partial charge in [0.15, 0.2) is 0 Å². The van der Waals surface area contributed by atoms with Crippen molar-refractivity contribution in [3.63, 3.8) is 0 Å². The van der Waals surface area contributed by atoms with Gasteiger partial charge in [-0.25, -0.2) is 4.79 Å². The van der Waals surface area contributed by atoms with Gasteiger partial charge in [-0.05, 0) is 25.2 Å². The molecule has 0 aromatic carbocycles. The van der Waals surface area contributed by atoms with Crippen LogP contribution in [0.1, 0.15) is 33.1 Å². The zero-order valence-electron chi connectivity index (χ0n) is 16.3. The van der Waals surface area contributed by atoms with Crippen molar-refractivity contribution in [1.29, 1.82) is 0 Å². The third-order valence-electron chi connectivity index (χ3n) is 4.22. The van der Waals surface area contributed by atoms with E-state index in [4.69, 9.17) is 9.94 Å². The number of nitrogens with one attached hydrogen (secondary N) is 3.